The van der Waals surface area contributed by atoms with Crippen molar-refractivity contribution in [2.45, 2.75) is 6.17 Å². The van der Waals surface area contributed by atoms with E-state index in [1.54, 1.807) is 11.2 Å². The first-order valence-electron chi connectivity index (χ1n) is 3.64. The third kappa shape index (κ3) is 1.23. The van der Waals surface area contributed by atoms with Gasteiger partial charge in [-0.25, -0.2) is 9.80 Å². The smallest absolute Gasteiger partial charge is 0.322 e. The number of allylic oxidation sites excluding steroid dienone is 2. The van der Waals surface area contributed by atoms with Crippen molar-refractivity contribution in [1.29, 1.82) is 0 Å². The minimum absolute atomic E-state index is 0.248. The van der Waals surface area contributed by atoms with Crippen LogP contribution in [0.2, 0.25) is 0 Å². The molecule has 0 fully saturated rings. The summed E-state index contributed by atoms with van der Waals surface area (Å²) in [5.74, 6) is 0. The van der Waals surface area contributed by atoms with Crippen LogP contribution in [0.15, 0.2) is 27.9 Å². The van der Waals surface area contributed by atoms with Gasteiger partial charge in [-0.2, -0.15) is 5.10 Å². The average molecular weight is 243 g/mol. The number of fused-ring (bicyclic) bond motifs is 1. The van der Waals surface area contributed by atoms with Crippen molar-refractivity contribution in [3.8, 4) is 0 Å². The molecule has 6 heteroatoms. The van der Waals surface area contributed by atoms with Gasteiger partial charge in [0.2, 0.25) is 0 Å². The Bertz CT molecular complexity index is 335. The van der Waals surface area contributed by atoms with E-state index in [1.807, 2.05) is 12.2 Å². The zero-order chi connectivity index (χ0) is 9.42. The molecule has 5 nitrogen and oxygen atoms in total. The highest BCUT2D eigenvalue weighted by molar-refractivity contribution is 9.11. The average Bonchev–Trinajstić information content (AvgIpc) is 2.49. The van der Waals surface area contributed by atoms with Crippen molar-refractivity contribution >= 4 is 28.3 Å². The fourth-order valence-corrected chi connectivity index (χ4v) is 1.82. The Morgan fingerprint density at radius 1 is 1.69 bits per heavy atom. The molecule has 1 atom stereocenters. The minimum Gasteiger partial charge on any atom is -0.351 e. The highest BCUT2D eigenvalue weighted by Gasteiger charge is 2.33. The number of amides is 2. The van der Waals surface area contributed by atoms with E-state index < -0.39 is 6.03 Å². The van der Waals surface area contributed by atoms with Crippen LogP contribution in [0.25, 0.3) is 0 Å². The summed E-state index contributed by atoms with van der Waals surface area (Å²) in [6.45, 7) is 0. The molecule has 0 saturated heterocycles. The molecular formula is C7H7BrN4O. The third-order valence-electron chi connectivity index (χ3n) is 1.82. The first kappa shape index (κ1) is 8.31. The maximum Gasteiger partial charge on any atom is 0.322 e. The Kier molecular flexibility index (Phi) is 1.84. The van der Waals surface area contributed by atoms with E-state index >= 15 is 0 Å². The number of carbonyl (C=O) groups excluding carboxylic acids is 1. The Hall–Kier alpha value is -1.30. The molecule has 2 aliphatic rings. The van der Waals surface area contributed by atoms with Crippen LogP contribution in [0.3, 0.4) is 0 Å². The van der Waals surface area contributed by atoms with Gasteiger partial charge < -0.3 is 5.73 Å². The van der Waals surface area contributed by atoms with Crippen LogP contribution < -0.4 is 5.73 Å². The van der Waals surface area contributed by atoms with Crippen molar-refractivity contribution in [2.75, 3.05) is 0 Å². The number of carbonyl (C=O) groups is 1. The van der Waals surface area contributed by atoms with Crippen molar-refractivity contribution in [3.63, 3.8) is 0 Å². The lowest BCUT2D eigenvalue weighted by molar-refractivity contribution is 0.199. The Morgan fingerprint density at radius 3 is 3.15 bits per heavy atom. The highest BCUT2D eigenvalue weighted by atomic mass is 79.9. The molecule has 0 bridgehead atoms. The number of halogens is 1. The summed E-state index contributed by atoms with van der Waals surface area (Å²) in [4.78, 5) is 12.3. The molecule has 2 heterocycles. The third-order valence-corrected chi connectivity index (χ3v) is 2.49. The van der Waals surface area contributed by atoms with Gasteiger partial charge in [-0.05, 0) is 12.2 Å². The van der Waals surface area contributed by atoms with Crippen molar-refractivity contribution < 1.29 is 4.79 Å². The van der Waals surface area contributed by atoms with Gasteiger partial charge in [0.15, 0.2) is 6.17 Å². The standard InChI is InChI=1S/C7H7BrN4O/c8-5-2-1-3-12-6(5)11(4-10-12)7(9)13/h1-4,6H,(H2,9,13). The first-order chi connectivity index (χ1) is 6.20. The Balaban J connectivity index is 2.30. The van der Waals surface area contributed by atoms with Crippen molar-refractivity contribution in [1.82, 2.24) is 9.91 Å². The van der Waals surface area contributed by atoms with Gasteiger partial charge in [-0.15, -0.1) is 0 Å². The van der Waals surface area contributed by atoms with E-state index in [-0.39, 0.29) is 6.17 Å². The zero-order valence-corrected chi connectivity index (χ0v) is 8.18. The summed E-state index contributed by atoms with van der Waals surface area (Å²) in [5, 5.41) is 5.63. The number of hydrogen-bond donors (Lipinski definition) is 1. The molecule has 1 unspecified atom stereocenters. The second-order valence-electron chi connectivity index (χ2n) is 2.62. The van der Waals surface area contributed by atoms with E-state index in [0.717, 1.165) is 4.48 Å². The van der Waals surface area contributed by atoms with Gasteiger partial charge >= 0.3 is 6.03 Å². The molecule has 0 aromatic rings. The normalized spacial score (nSPS) is 24.7. The lowest BCUT2D eigenvalue weighted by Gasteiger charge is -2.27. The van der Waals surface area contributed by atoms with Crippen molar-refractivity contribution in [2.24, 2.45) is 10.8 Å². The second-order valence-corrected chi connectivity index (χ2v) is 3.54. The van der Waals surface area contributed by atoms with Gasteiger partial charge in [0.25, 0.3) is 0 Å². The van der Waals surface area contributed by atoms with E-state index in [2.05, 4.69) is 21.0 Å². The van der Waals surface area contributed by atoms with Crippen LogP contribution in [-0.2, 0) is 0 Å². The quantitative estimate of drug-likeness (QED) is 0.682. The number of nitrogens with zero attached hydrogens (tertiary/aromatic N) is 3. The molecule has 2 N–H and O–H groups in total. The van der Waals surface area contributed by atoms with Crippen LogP contribution in [-0.4, -0.2) is 28.4 Å². The summed E-state index contributed by atoms with van der Waals surface area (Å²) < 4.78 is 0.853. The van der Waals surface area contributed by atoms with Gasteiger partial charge in [0.1, 0.15) is 6.34 Å². The number of rotatable bonds is 0. The minimum atomic E-state index is -0.517. The predicted molar refractivity (Wildman–Crippen MR) is 51.7 cm³/mol. The lowest BCUT2D eigenvalue weighted by Crippen LogP contribution is -2.44. The zero-order valence-electron chi connectivity index (χ0n) is 6.59. The van der Waals surface area contributed by atoms with E-state index in [4.69, 9.17) is 5.73 Å². The summed E-state index contributed by atoms with van der Waals surface area (Å²) in [6.07, 6.45) is 6.63. The molecule has 0 radical (unpaired) electrons. The molecular weight excluding hydrogens is 236 g/mol. The molecule has 0 spiro atoms. The molecule has 0 aromatic heterocycles. The monoisotopic (exact) mass is 242 g/mol. The van der Waals surface area contributed by atoms with Crippen LogP contribution in [0, 0.1) is 0 Å². The summed E-state index contributed by atoms with van der Waals surface area (Å²) in [5.41, 5.74) is 5.16. The van der Waals surface area contributed by atoms with Crippen LogP contribution in [0.4, 0.5) is 4.79 Å². The fourth-order valence-electron chi connectivity index (χ4n) is 1.23. The van der Waals surface area contributed by atoms with Gasteiger partial charge in [0, 0.05) is 10.7 Å². The topological polar surface area (TPSA) is 61.9 Å². The van der Waals surface area contributed by atoms with Gasteiger partial charge in [0.05, 0.1) is 0 Å². The fraction of sp³-hybridized carbons (Fsp3) is 0.143. The van der Waals surface area contributed by atoms with Crippen LogP contribution >= 0.6 is 15.9 Å². The number of primary amides is 1. The maximum atomic E-state index is 11.0. The van der Waals surface area contributed by atoms with E-state index in [1.165, 1.54) is 11.2 Å². The molecule has 0 saturated carbocycles. The number of hydrogen-bond acceptors (Lipinski definition) is 3. The molecule has 0 aromatic carbocycles. The van der Waals surface area contributed by atoms with Crippen LogP contribution in [0.5, 0.6) is 0 Å². The SMILES string of the molecule is NC(=O)N1C=NN2C=CC=C(Br)C21. The summed E-state index contributed by atoms with van der Waals surface area (Å²) in [6, 6.07) is -0.517. The molecule has 13 heavy (non-hydrogen) atoms. The van der Waals surface area contributed by atoms with Crippen LogP contribution in [0.1, 0.15) is 0 Å². The second kappa shape index (κ2) is 2.88. The molecule has 68 valence electrons. The maximum absolute atomic E-state index is 11.0. The summed E-state index contributed by atoms with van der Waals surface area (Å²) >= 11 is 3.34. The number of nitrogens with two attached hydrogens (primary N) is 1. The molecule has 0 aliphatic carbocycles. The largest absolute Gasteiger partial charge is 0.351 e. The first-order valence-corrected chi connectivity index (χ1v) is 4.43. The lowest BCUT2D eigenvalue weighted by atomic mass is 10.3. The van der Waals surface area contributed by atoms with E-state index in [9.17, 15) is 4.79 Å². The highest BCUT2D eigenvalue weighted by Crippen LogP contribution is 2.27. The number of hydrazone groups is 1. The van der Waals surface area contributed by atoms with E-state index in [0.29, 0.717) is 0 Å². The summed E-state index contributed by atoms with van der Waals surface area (Å²) in [7, 11) is 0. The Morgan fingerprint density at radius 2 is 2.46 bits per heavy atom. The molecule has 2 aliphatic heterocycles. The Labute approximate surface area is 83.3 Å². The predicted octanol–water partition coefficient (Wildman–Crippen LogP) is 0.758. The van der Waals surface area contributed by atoms with Gasteiger partial charge in [-0.1, -0.05) is 15.9 Å². The van der Waals surface area contributed by atoms with Crippen molar-refractivity contribution in [3.05, 3.63) is 22.8 Å². The molecule has 2 amide bonds. The number of urea groups is 1. The van der Waals surface area contributed by atoms with Gasteiger partial charge in [-0.3, -0.25) is 4.90 Å². The molecule has 2 rings (SSSR count).